The van der Waals surface area contributed by atoms with Gasteiger partial charge in [0, 0.05) is 33.4 Å². The van der Waals surface area contributed by atoms with Crippen molar-refractivity contribution >= 4 is 5.96 Å². The van der Waals surface area contributed by atoms with E-state index < -0.39 is 0 Å². The standard InChI is InChI=1S/C13H25N3O2/c1-13(6-4-8-18-13)10-16-12(14-2)15-9-11-5-3-7-17-11/h11H,3-10H2,1-2H3,(H2,14,15,16). The topological polar surface area (TPSA) is 54.9 Å². The molecule has 18 heavy (non-hydrogen) atoms. The summed E-state index contributed by atoms with van der Waals surface area (Å²) in [6, 6.07) is 0. The molecule has 0 saturated carbocycles. The largest absolute Gasteiger partial charge is 0.376 e. The summed E-state index contributed by atoms with van der Waals surface area (Å²) in [5.74, 6) is 0.835. The van der Waals surface area contributed by atoms with Crippen molar-refractivity contribution in [2.75, 3.05) is 33.4 Å². The van der Waals surface area contributed by atoms with Gasteiger partial charge in [0.1, 0.15) is 0 Å². The van der Waals surface area contributed by atoms with Crippen LogP contribution < -0.4 is 10.6 Å². The molecule has 2 fully saturated rings. The molecule has 0 aromatic heterocycles. The van der Waals surface area contributed by atoms with E-state index in [0.29, 0.717) is 6.10 Å². The lowest BCUT2D eigenvalue weighted by atomic mass is 10.0. The van der Waals surface area contributed by atoms with Gasteiger partial charge in [0.05, 0.1) is 11.7 Å². The normalized spacial score (nSPS) is 32.8. The molecule has 2 heterocycles. The van der Waals surface area contributed by atoms with Crippen LogP contribution in [0.3, 0.4) is 0 Å². The highest BCUT2D eigenvalue weighted by atomic mass is 16.5. The van der Waals surface area contributed by atoms with Crippen LogP contribution in [0, 0.1) is 0 Å². The van der Waals surface area contributed by atoms with Crippen molar-refractivity contribution in [2.24, 2.45) is 4.99 Å². The first-order chi connectivity index (χ1) is 8.72. The number of nitrogens with one attached hydrogen (secondary N) is 2. The van der Waals surface area contributed by atoms with Gasteiger partial charge in [-0.15, -0.1) is 0 Å². The summed E-state index contributed by atoms with van der Waals surface area (Å²) in [5, 5.41) is 6.65. The molecular weight excluding hydrogens is 230 g/mol. The molecule has 0 amide bonds. The molecule has 5 nitrogen and oxygen atoms in total. The second-order valence-corrected chi connectivity index (χ2v) is 5.34. The molecule has 2 atom stereocenters. The van der Waals surface area contributed by atoms with E-state index in [1.807, 2.05) is 0 Å². The Labute approximate surface area is 109 Å². The summed E-state index contributed by atoms with van der Waals surface area (Å²) >= 11 is 0. The Bertz CT molecular complexity index is 282. The van der Waals surface area contributed by atoms with E-state index in [9.17, 15) is 0 Å². The van der Waals surface area contributed by atoms with Gasteiger partial charge in [-0.2, -0.15) is 0 Å². The quantitative estimate of drug-likeness (QED) is 0.579. The molecule has 2 aliphatic rings. The number of guanidine groups is 1. The van der Waals surface area contributed by atoms with Crippen molar-refractivity contribution in [1.82, 2.24) is 10.6 Å². The minimum atomic E-state index is -0.0402. The Morgan fingerprint density at radius 1 is 1.33 bits per heavy atom. The first-order valence-electron chi connectivity index (χ1n) is 6.92. The van der Waals surface area contributed by atoms with Gasteiger partial charge in [-0.1, -0.05) is 0 Å². The molecule has 2 unspecified atom stereocenters. The van der Waals surface area contributed by atoms with Gasteiger partial charge >= 0.3 is 0 Å². The van der Waals surface area contributed by atoms with Crippen LogP contribution in [0.4, 0.5) is 0 Å². The van der Waals surface area contributed by atoms with Gasteiger partial charge in [0.15, 0.2) is 5.96 Å². The van der Waals surface area contributed by atoms with Crippen molar-refractivity contribution in [1.29, 1.82) is 0 Å². The molecule has 5 heteroatoms. The van der Waals surface area contributed by atoms with Crippen molar-refractivity contribution < 1.29 is 9.47 Å². The van der Waals surface area contributed by atoms with Gasteiger partial charge in [-0.25, -0.2) is 0 Å². The Morgan fingerprint density at radius 3 is 2.83 bits per heavy atom. The van der Waals surface area contributed by atoms with Crippen LogP contribution >= 0.6 is 0 Å². The summed E-state index contributed by atoms with van der Waals surface area (Å²) in [6.45, 7) is 5.56. The molecule has 2 rings (SSSR count). The maximum atomic E-state index is 5.74. The van der Waals surface area contributed by atoms with Crippen molar-refractivity contribution in [2.45, 2.75) is 44.3 Å². The van der Waals surface area contributed by atoms with E-state index in [-0.39, 0.29) is 5.60 Å². The lowest BCUT2D eigenvalue weighted by Crippen LogP contribution is -2.47. The number of ether oxygens (including phenoxy) is 2. The highest BCUT2D eigenvalue weighted by Gasteiger charge is 2.29. The minimum Gasteiger partial charge on any atom is -0.376 e. The van der Waals surface area contributed by atoms with Gasteiger partial charge < -0.3 is 20.1 Å². The Balaban J connectivity index is 1.68. The van der Waals surface area contributed by atoms with Crippen LogP contribution in [0.5, 0.6) is 0 Å². The molecule has 0 bridgehead atoms. The van der Waals surface area contributed by atoms with Crippen molar-refractivity contribution in [3.8, 4) is 0 Å². The molecule has 0 radical (unpaired) electrons. The van der Waals surface area contributed by atoms with Gasteiger partial charge in [-0.05, 0) is 32.6 Å². The zero-order valence-corrected chi connectivity index (χ0v) is 11.5. The zero-order valence-electron chi connectivity index (χ0n) is 11.5. The SMILES string of the molecule is CN=C(NCC1CCCO1)NCC1(C)CCCO1. The second kappa shape index (κ2) is 6.38. The Kier molecular flexibility index (Phi) is 4.83. The van der Waals surface area contributed by atoms with Gasteiger partial charge in [0.2, 0.25) is 0 Å². The molecule has 2 N–H and O–H groups in total. The van der Waals surface area contributed by atoms with E-state index in [4.69, 9.17) is 9.47 Å². The summed E-state index contributed by atoms with van der Waals surface area (Å²) in [6.07, 6.45) is 4.92. The third kappa shape index (κ3) is 3.85. The van der Waals surface area contributed by atoms with Crippen LogP contribution in [0.1, 0.15) is 32.6 Å². The number of nitrogens with zero attached hydrogens (tertiary/aromatic N) is 1. The van der Waals surface area contributed by atoms with Crippen LogP contribution in [0.2, 0.25) is 0 Å². The monoisotopic (exact) mass is 255 g/mol. The predicted molar refractivity (Wildman–Crippen MR) is 71.9 cm³/mol. The molecule has 0 aromatic rings. The van der Waals surface area contributed by atoms with E-state index in [2.05, 4.69) is 22.5 Å². The molecule has 2 saturated heterocycles. The molecule has 2 aliphatic heterocycles. The molecule has 104 valence electrons. The van der Waals surface area contributed by atoms with Crippen LogP contribution in [-0.4, -0.2) is 51.0 Å². The van der Waals surface area contributed by atoms with Crippen molar-refractivity contribution in [3.05, 3.63) is 0 Å². The Morgan fingerprint density at radius 2 is 2.22 bits per heavy atom. The second-order valence-electron chi connectivity index (χ2n) is 5.34. The molecular formula is C13H25N3O2. The minimum absolute atomic E-state index is 0.0402. The summed E-state index contributed by atoms with van der Waals surface area (Å²) in [7, 11) is 1.79. The average molecular weight is 255 g/mol. The highest BCUT2D eigenvalue weighted by Crippen LogP contribution is 2.23. The fourth-order valence-electron chi connectivity index (χ4n) is 2.48. The van der Waals surface area contributed by atoms with Crippen LogP contribution in [0.25, 0.3) is 0 Å². The van der Waals surface area contributed by atoms with E-state index >= 15 is 0 Å². The molecule has 0 spiro atoms. The summed E-state index contributed by atoms with van der Waals surface area (Å²) in [5.41, 5.74) is -0.0402. The fourth-order valence-corrected chi connectivity index (χ4v) is 2.48. The summed E-state index contributed by atoms with van der Waals surface area (Å²) in [4.78, 5) is 4.22. The molecule has 0 aliphatic carbocycles. The average Bonchev–Trinajstić information content (AvgIpc) is 3.01. The number of hydrogen-bond acceptors (Lipinski definition) is 3. The predicted octanol–water partition coefficient (Wildman–Crippen LogP) is 0.899. The smallest absolute Gasteiger partial charge is 0.191 e. The highest BCUT2D eigenvalue weighted by molar-refractivity contribution is 5.79. The van der Waals surface area contributed by atoms with E-state index in [0.717, 1.165) is 51.5 Å². The van der Waals surface area contributed by atoms with Gasteiger partial charge in [-0.3, -0.25) is 4.99 Å². The summed E-state index contributed by atoms with van der Waals surface area (Å²) < 4.78 is 11.3. The van der Waals surface area contributed by atoms with E-state index in [1.54, 1.807) is 7.05 Å². The first kappa shape index (κ1) is 13.6. The Hall–Kier alpha value is -0.810. The third-order valence-corrected chi connectivity index (χ3v) is 3.68. The maximum Gasteiger partial charge on any atom is 0.191 e. The lowest BCUT2D eigenvalue weighted by Gasteiger charge is -2.25. The fraction of sp³-hybridized carbons (Fsp3) is 0.923. The number of hydrogen-bond donors (Lipinski definition) is 2. The number of aliphatic imine (C=N–C) groups is 1. The zero-order chi connectivity index (χ0) is 12.8. The van der Waals surface area contributed by atoms with Crippen molar-refractivity contribution in [3.63, 3.8) is 0 Å². The first-order valence-corrected chi connectivity index (χ1v) is 6.92. The van der Waals surface area contributed by atoms with E-state index in [1.165, 1.54) is 6.42 Å². The lowest BCUT2D eigenvalue weighted by molar-refractivity contribution is 0.0242. The van der Waals surface area contributed by atoms with Crippen LogP contribution in [0.15, 0.2) is 4.99 Å². The van der Waals surface area contributed by atoms with Crippen LogP contribution in [-0.2, 0) is 9.47 Å². The molecule has 0 aromatic carbocycles. The number of rotatable bonds is 4. The third-order valence-electron chi connectivity index (χ3n) is 3.68. The maximum absolute atomic E-state index is 5.74. The van der Waals surface area contributed by atoms with Gasteiger partial charge in [0.25, 0.3) is 0 Å².